The van der Waals surface area contributed by atoms with Gasteiger partial charge in [0.15, 0.2) is 4.32 Å². The number of benzene rings is 2. The minimum absolute atomic E-state index is 0.0550. The number of unbranched alkanes of at least 4 members (excludes halogenated alkanes) is 1. The predicted octanol–water partition coefficient (Wildman–Crippen LogP) is 4.96. The molecule has 0 saturated carbocycles. The third-order valence-corrected chi connectivity index (χ3v) is 5.57. The molecule has 1 aliphatic rings. The Hall–Kier alpha value is -3.04. The van der Waals surface area contributed by atoms with Crippen molar-refractivity contribution in [1.82, 2.24) is 0 Å². The number of carbonyl (C=O) groups is 2. The first kappa shape index (κ1) is 21.7. The standard InChI is InChI=1S/C21H18N2O5S2/c1-2-3-11-28-20(25)15-7-9-16(10-8-15)22-19(24)18(30-21(22)29)13-14-5-4-6-17(12-14)23(26)27/h4-10,12-13H,2-3,11H2,1H3/b18-13-. The third-order valence-electron chi connectivity index (χ3n) is 4.26. The number of anilines is 1. The lowest BCUT2D eigenvalue weighted by Crippen LogP contribution is -2.27. The first-order valence-electron chi connectivity index (χ1n) is 9.20. The van der Waals surface area contributed by atoms with Gasteiger partial charge in [-0.3, -0.25) is 19.8 Å². The SMILES string of the molecule is CCCCOC(=O)c1ccc(N2C(=O)/C(=C/c3cccc([N+](=O)[O-])c3)SC2=S)cc1. The number of nitro groups is 1. The quantitative estimate of drug-likeness (QED) is 0.150. The predicted molar refractivity (Wildman–Crippen MR) is 120 cm³/mol. The lowest BCUT2D eigenvalue weighted by molar-refractivity contribution is -0.384. The topological polar surface area (TPSA) is 89.8 Å². The molecule has 1 saturated heterocycles. The van der Waals surface area contributed by atoms with E-state index in [0.29, 0.717) is 32.6 Å². The van der Waals surface area contributed by atoms with Gasteiger partial charge in [0.05, 0.1) is 27.7 Å². The summed E-state index contributed by atoms with van der Waals surface area (Å²) in [6, 6.07) is 12.5. The summed E-state index contributed by atoms with van der Waals surface area (Å²) in [6.45, 7) is 2.38. The summed E-state index contributed by atoms with van der Waals surface area (Å²) in [7, 11) is 0. The van der Waals surface area contributed by atoms with E-state index in [2.05, 4.69) is 0 Å². The second-order valence-electron chi connectivity index (χ2n) is 6.41. The van der Waals surface area contributed by atoms with E-state index in [4.69, 9.17) is 17.0 Å². The summed E-state index contributed by atoms with van der Waals surface area (Å²) in [5, 5.41) is 10.9. The van der Waals surface area contributed by atoms with Crippen LogP contribution in [-0.4, -0.2) is 27.7 Å². The molecular formula is C21H18N2O5S2. The molecule has 0 N–H and O–H groups in total. The van der Waals surface area contributed by atoms with Crippen molar-refractivity contribution in [2.75, 3.05) is 11.5 Å². The molecule has 1 aliphatic heterocycles. The van der Waals surface area contributed by atoms with E-state index >= 15 is 0 Å². The van der Waals surface area contributed by atoms with Crippen LogP contribution in [0.25, 0.3) is 6.08 Å². The van der Waals surface area contributed by atoms with Gasteiger partial charge in [-0.2, -0.15) is 0 Å². The number of ether oxygens (including phenoxy) is 1. The lowest BCUT2D eigenvalue weighted by Gasteiger charge is -2.14. The fourth-order valence-electron chi connectivity index (χ4n) is 2.71. The molecule has 7 nitrogen and oxygen atoms in total. The molecule has 0 bridgehead atoms. The molecule has 0 radical (unpaired) electrons. The number of non-ortho nitro benzene ring substituents is 1. The number of rotatable bonds is 7. The Kier molecular flexibility index (Phi) is 6.96. The summed E-state index contributed by atoms with van der Waals surface area (Å²) in [6.07, 6.45) is 3.31. The Morgan fingerprint density at radius 2 is 2.00 bits per heavy atom. The molecule has 2 aromatic rings. The monoisotopic (exact) mass is 442 g/mol. The Bertz CT molecular complexity index is 1030. The second-order valence-corrected chi connectivity index (χ2v) is 8.08. The molecule has 1 fully saturated rings. The van der Waals surface area contributed by atoms with Crippen molar-refractivity contribution in [2.45, 2.75) is 19.8 Å². The molecule has 1 heterocycles. The van der Waals surface area contributed by atoms with Gasteiger partial charge in [-0.25, -0.2) is 4.79 Å². The molecule has 0 atom stereocenters. The van der Waals surface area contributed by atoms with Gasteiger partial charge in [-0.15, -0.1) is 0 Å². The van der Waals surface area contributed by atoms with Crippen LogP contribution in [0.3, 0.4) is 0 Å². The van der Waals surface area contributed by atoms with Crippen molar-refractivity contribution in [1.29, 1.82) is 0 Å². The molecule has 9 heteroatoms. The lowest BCUT2D eigenvalue weighted by atomic mass is 10.1. The minimum atomic E-state index is -0.489. The van der Waals surface area contributed by atoms with Crippen molar-refractivity contribution in [3.63, 3.8) is 0 Å². The summed E-state index contributed by atoms with van der Waals surface area (Å²) in [5.74, 6) is -0.735. The highest BCUT2D eigenvalue weighted by Crippen LogP contribution is 2.36. The normalized spacial score (nSPS) is 15.0. The van der Waals surface area contributed by atoms with Crippen LogP contribution in [0.15, 0.2) is 53.4 Å². The van der Waals surface area contributed by atoms with Crippen LogP contribution in [0.1, 0.15) is 35.7 Å². The summed E-state index contributed by atoms with van der Waals surface area (Å²) in [4.78, 5) is 37.1. The van der Waals surface area contributed by atoms with E-state index in [-0.39, 0.29) is 11.6 Å². The number of hydrogen-bond acceptors (Lipinski definition) is 7. The highest BCUT2D eigenvalue weighted by atomic mass is 32.2. The van der Waals surface area contributed by atoms with Crippen molar-refractivity contribution < 1.29 is 19.2 Å². The maximum absolute atomic E-state index is 12.9. The van der Waals surface area contributed by atoms with Crippen LogP contribution < -0.4 is 4.90 Å². The van der Waals surface area contributed by atoms with E-state index in [1.807, 2.05) is 6.92 Å². The zero-order valence-electron chi connectivity index (χ0n) is 16.1. The van der Waals surface area contributed by atoms with E-state index in [0.717, 1.165) is 24.6 Å². The molecule has 0 unspecified atom stereocenters. The van der Waals surface area contributed by atoms with Gasteiger partial charge in [0.1, 0.15) is 0 Å². The van der Waals surface area contributed by atoms with E-state index in [1.54, 1.807) is 42.5 Å². The Morgan fingerprint density at radius 1 is 1.27 bits per heavy atom. The van der Waals surface area contributed by atoms with Gasteiger partial charge >= 0.3 is 5.97 Å². The number of esters is 1. The van der Waals surface area contributed by atoms with Crippen LogP contribution in [0.5, 0.6) is 0 Å². The Balaban J connectivity index is 1.77. The average Bonchev–Trinajstić information content (AvgIpc) is 3.01. The molecule has 154 valence electrons. The first-order chi connectivity index (χ1) is 14.4. The van der Waals surface area contributed by atoms with Gasteiger partial charge in [0.25, 0.3) is 11.6 Å². The minimum Gasteiger partial charge on any atom is -0.462 e. The fraction of sp³-hybridized carbons (Fsp3) is 0.190. The molecule has 3 rings (SSSR count). The first-order valence-corrected chi connectivity index (χ1v) is 10.4. The van der Waals surface area contributed by atoms with Gasteiger partial charge in [-0.1, -0.05) is 49.5 Å². The van der Waals surface area contributed by atoms with Gasteiger partial charge in [0, 0.05) is 12.1 Å². The van der Waals surface area contributed by atoms with Crippen molar-refractivity contribution in [2.24, 2.45) is 0 Å². The molecule has 0 spiro atoms. The van der Waals surface area contributed by atoms with Crippen molar-refractivity contribution >= 4 is 57.6 Å². The summed E-state index contributed by atoms with van der Waals surface area (Å²) in [5.41, 5.74) is 1.41. The molecular weight excluding hydrogens is 424 g/mol. The summed E-state index contributed by atoms with van der Waals surface area (Å²) < 4.78 is 5.52. The largest absolute Gasteiger partial charge is 0.462 e. The molecule has 0 aliphatic carbocycles. The third kappa shape index (κ3) is 4.92. The average molecular weight is 443 g/mol. The maximum atomic E-state index is 12.9. The van der Waals surface area contributed by atoms with Crippen LogP contribution >= 0.6 is 24.0 Å². The zero-order chi connectivity index (χ0) is 21.7. The molecule has 30 heavy (non-hydrogen) atoms. The highest BCUT2D eigenvalue weighted by molar-refractivity contribution is 8.27. The highest BCUT2D eigenvalue weighted by Gasteiger charge is 2.33. The van der Waals surface area contributed by atoms with Crippen LogP contribution in [-0.2, 0) is 9.53 Å². The van der Waals surface area contributed by atoms with Crippen molar-refractivity contribution in [3.8, 4) is 0 Å². The van der Waals surface area contributed by atoms with Crippen LogP contribution in [0.4, 0.5) is 11.4 Å². The number of amides is 1. The Labute approximate surface area is 182 Å². The number of hydrogen-bond donors (Lipinski definition) is 0. The molecule has 1 amide bonds. The van der Waals surface area contributed by atoms with Crippen molar-refractivity contribution in [3.05, 3.63) is 74.7 Å². The molecule has 2 aromatic carbocycles. The number of nitro benzene ring substituents is 1. The van der Waals surface area contributed by atoms with Crippen LogP contribution in [0.2, 0.25) is 0 Å². The van der Waals surface area contributed by atoms with Gasteiger partial charge in [-0.05, 0) is 42.3 Å². The smallest absolute Gasteiger partial charge is 0.338 e. The Morgan fingerprint density at radius 3 is 2.67 bits per heavy atom. The van der Waals surface area contributed by atoms with Gasteiger partial charge < -0.3 is 4.74 Å². The number of thiocarbonyl (C=S) groups is 1. The summed E-state index contributed by atoms with van der Waals surface area (Å²) >= 11 is 6.46. The van der Waals surface area contributed by atoms with E-state index < -0.39 is 10.9 Å². The van der Waals surface area contributed by atoms with E-state index in [1.165, 1.54) is 17.0 Å². The maximum Gasteiger partial charge on any atom is 0.338 e. The van der Waals surface area contributed by atoms with Gasteiger partial charge in [0.2, 0.25) is 0 Å². The zero-order valence-corrected chi connectivity index (χ0v) is 17.7. The van der Waals surface area contributed by atoms with Crippen LogP contribution in [0, 0.1) is 10.1 Å². The number of nitrogens with zero attached hydrogens (tertiary/aromatic N) is 2. The van der Waals surface area contributed by atoms with E-state index in [9.17, 15) is 19.7 Å². The number of thioether (sulfide) groups is 1. The molecule has 0 aromatic heterocycles. The fourth-order valence-corrected chi connectivity index (χ4v) is 4.01. The second kappa shape index (κ2) is 9.64. The number of carbonyl (C=O) groups excluding carboxylic acids is 2.